The summed E-state index contributed by atoms with van der Waals surface area (Å²) in [6.07, 6.45) is 0. The molecule has 136 valence electrons. The van der Waals surface area contributed by atoms with E-state index in [0.29, 0.717) is 17.9 Å². The number of esters is 1. The molecule has 2 aromatic carbocycles. The molecule has 0 aliphatic carbocycles. The Bertz CT molecular complexity index is 783. The first-order chi connectivity index (χ1) is 12.5. The normalized spacial score (nSPS) is 10.1. The predicted molar refractivity (Wildman–Crippen MR) is 95.9 cm³/mol. The molecule has 6 heteroatoms. The second-order valence-electron chi connectivity index (χ2n) is 5.73. The minimum Gasteiger partial charge on any atom is -0.482 e. The molecular formula is C20H21NO5. The van der Waals surface area contributed by atoms with Crippen LogP contribution in [0.15, 0.2) is 48.5 Å². The first-order valence-corrected chi connectivity index (χ1v) is 8.16. The number of aryl methyl sites for hydroxylation is 1. The lowest BCUT2D eigenvalue weighted by atomic mass is 10.1. The third-order valence-corrected chi connectivity index (χ3v) is 3.72. The maximum Gasteiger partial charge on any atom is 0.344 e. The van der Waals surface area contributed by atoms with Crippen LogP contribution in [0.3, 0.4) is 0 Å². The number of benzene rings is 2. The average molecular weight is 355 g/mol. The average Bonchev–Trinajstić information content (AvgIpc) is 2.64. The van der Waals surface area contributed by atoms with Crippen molar-refractivity contribution in [2.45, 2.75) is 20.4 Å². The van der Waals surface area contributed by atoms with Gasteiger partial charge in [-0.1, -0.05) is 24.3 Å². The van der Waals surface area contributed by atoms with Crippen LogP contribution in [0.2, 0.25) is 0 Å². The highest BCUT2D eigenvalue weighted by Crippen LogP contribution is 2.12. The molecule has 26 heavy (non-hydrogen) atoms. The van der Waals surface area contributed by atoms with E-state index in [0.717, 1.165) is 11.1 Å². The number of rotatable bonds is 8. The minimum atomic E-state index is -0.647. The molecule has 0 aliphatic heterocycles. The van der Waals surface area contributed by atoms with Gasteiger partial charge in [-0.05, 0) is 49.2 Å². The van der Waals surface area contributed by atoms with E-state index in [1.54, 1.807) is 24.3 Å². The maximum atomic E-state index is 11.7. The van der Waals surface area contributed by atoms with Gasteiger partial charge in [-0.25, -0.2) is 4.79 Å². The van der Waals surface area contributed by atoms with Crippen molar-refractivity contribution in [3.8, 4) is 5.75 Å². The van der Waals surface area contributed by atoms with E-state index in [9.17, 15) is 14.4 Å². The van der Waals surface area contributed by atoms with Crippen LogP contribution in [-0.2, 0) is 20.9 Å². The first-order valence-electron chi connectivity index (χ1n) is 8.16. The Hall–Kier alpha value is -3.15. The third-order valence-electron chi connectivity index (χ3n) is 3.72. The Balaban J connectivity index is 1.68. The second-order valence-corrected chi connectivity index (χ2v) is 5.73. The summed E-state index contributed by atoms with van der Waals surface area (Å²) in [6, 6.07) is 14.1. The summed E-state index contributed by atoms with van der Waals surface area (Å²) in [5.41, 5.74) is 2.64. The van der Waals surface area contributed by atoms with Crippen LogP contribution < -0.4 is 10.1 Å². The van der Waals surface area contributed by atoms with Crippen molar-refractivity contribution in [1.29, 1.82) is 0 Å². The molecule has 0 fully saturated rings. The molecule has 1 amide bonds. The number of carbonyl (C=O) groups is 3. The van der Waals surface area contributed by atoms with E-state index < -0.39 is 5.97 Å². The van der Waals surface area contributed by atoms with E-state index in [4.69, 9.17) is 9.47 Å². The fourth-order valence-corrected chi connectivity index (χ4v) is 2.17. The topological polar surface area (TPSA) is 81.7 Å². The fraction of sp³-hybridized carbons (Fsp3) is 0.250. The molecule has 0 aliphatic rings. The summed E-state index contributed by atoms with van der Waals surface area (Å²) >= 11 is 0. The summed E-state index contributed by atoms with van der Waals surface area (Å²) in [6.45, 7) is 3.13. The molecular weight excluding hydrogens is 334 g/mol. The molecule has 0 saturated heterocycles. The van der Waals surface area contributed by atoms with Gasteiger partial charge in [0.2, 0.25) is 0 Å². The number of hydrogen-bond acceptors (Lipinski definition) is 5. The minimum absolute atomic E-state index is 0.0485. The lowest BCUT2D eigenvalue weighted by Crippen LogP contribution is -2.29. The number of Topliss-reactive ketones (excluding diaryl/α,β-unsaturated/α-hetero) is 1. The van der Waals surface area contributed by atoms with Gasteiger partial charge in [-0.2, -0.15) is 0 Å². The Kier molecular flexibility index (Phi) is 6.91. The number of hydrogen-bond donors (Lipinski definition) is 1. The number of ketones is 1. The molecule has 1 N–H and O–H groups in total. The molecule has 0 unspecified atom stereocenters. The SMILES string of the molecule is CC(=O)c1ccc(OCC(=O)OCC(=O)NCc2ccccc2C)cc1. The number of nitrogens with one attached hydrogen (secondary N) is 1. The molecule has 0 heterocycles. The van der Waals surface area contributed by atoms with Gasteiger partial charge in [0.15, 0.2) is 19.0 Å². The smallest absolute Gasteiger partial charge is 0.344 e. The zero-order chi connectivity index (χ0) is 18.9. The van der Waals surface area contributed by atoms with Gasteiger partial charge >= 0.3 is 5.97 Å². The highest BCUT2D eigenvalue weighted by atomic mass is 16.6. The highest BCUT2D eigenvalue weighted by molar-refractivity contribution is 5.94. The van der Waals surface area contributed by atoms with Crippen molar-refractivity contribution in [2.24, 2.45) is 0 Å². The third kappa shape index (κ3) is 6.05. The Morgan fingerprint density at radius 3 is 2.31 bits per heavy atom. The molecule has 0 atom stereocenters. The van der Waals surface area contributed by atoms with Gasteiger partial charge in [0.1, 0.15) is 5.75 Å². The van der Waals surface area contributed by atoms with Crippen LogP contribution in [0.4, 0.5) is 0 Å². The van der Waals surface area contributed by atoms with Gasteiger partial charge in [0.25, 0.3) is 5.91 Å². The monoisotopic (exact) mass is 355 g/mol. The summed E-state index contributed by atoms with van der Waals surface area (Å²) in [5.74, 6) is -0.636. The van der Waals surface area contributed by atoms with Gasteiger partial charge in [-0.15, -0.1) is 0 Å². The number of carbonyl (C=O) groups excluding carboxylic acids is 3. The highest BCUT2D eigenvalue weighted by Gasteiger charge is 2.09. The van der Waals surface area contributed by atoms with E-state index in [-0.39, 0.29) is 24.9 Å². The van der Waals surface area contributed by atoms with Crippen molar-refractivity contribution < 1.29 is 23.9 Å². The van der Waals surface area contributed by atoms with Crippen LogP contribution in [0.1, 0.15) is 28.4 Å². The van der Waals surface area contributed by atoms with Gasteiger partial charge in [0, 0.05) is 12.1 Å². The molecule has 6 nitrogen and oxygen atoms in total. The van der Waals surface area contributed by atoms with Crippen molar-refractivity contribution in [3.63, 3.8) is 0 Å². The summed E-state index contributed by atoms with van der Waals surface area (Å²) in [4.78, 5) is 34.6. The maximum absolute atomic E-state index is 11.7. The summed E-state index contributed by atoms with van der Waals surface area (Å²) < 4.78 is 10.1. The predicted octanol–water partition coefficient (Wildman–Crippen LogP) is 2.44. The zero-order valence-electron chi connectivity index (χ0n) is 14.8. The number of amides is 1. The van der Waals surface area contributed by atoms with E-state index in [2.05, 4.69) is 5.32 Å². The lowest BCUT2D eigenvalue weighted by molar-refractivity contribution is -0.150. The standard InChI is InChI=1S/C20H21NO5/c1-14-5-3-4-6-17(14)11-21-19(23)12-26-20(24)13-25-18-9-7-16(8-10-18)15(2)22/h3-10H,11-13H2,1-2H3,(H,21,23). The fourth-order valence-electron chi connectivity index (χ4n) is 2.17. The van der Waals surface area contributed by atoms with Crippen LogP contribution in [0.25, 0.3) is 0 Å². The van der Waals surface area contributed by atoms with E-state index >= 15 is 0 Å². The van der Waals surface area contributed by atoms with Crippen LogP contribution in [-0.4, -0.2) is 30.9 Å². The van der Waals surface area contributed by atoms with Crippen molar-refractivity contribution in [2.75, 3.05) is 13.2 Å². The first kappa shape index (κ1) is 19.2. The quantitative estimate of drug-likeness (QED) is 0.581. The van der Waals surface area contributed by atoms with Crippen molar-refractivity contribution in [3.05, 3.63) is 65.2 Å². The van der Waals surface area contributed by atoms with Gasteiger partial charge < -0.3 is 14.8 Å². The van der Waals surface area contributed by atoms with E-state index in [1.807, 2.05) is 31.2 Å². The van der Waals surface area contributed by atoms with Gasteiger partial charge in [-0.3, -0.25) is 9.59 Å². The number of ether oxygens (including phenoxy) is 2. The molecule has 0 aromatic heterocycles. The van der Waals surface area contributed by atoms with Crippen LogP contribution in [0, 0.1) is 6.92 Å². The molecule has 0 bridgehead atoms. The van der Waals surface area contributed by atoms with Crippen molar-refractivity contribution >= 4 is 17.7 Å². The van der Waals surface area contributed by atoms with Crippen LogP contribution >= 0.6 is 0 Å². The van der Waals surface area contributed by atoms with E-state index in [1.165, 1.54) is 6.92 Å². The molecule has 0 spiro atoms. The molecule has 0 radical (unpaired) electrons. The Morgan fingerprint density at radius 1 is 0.962 bits per heavy atom. The zero-order valence-corrected chi connectivity index (χ0v) is 14.8. The second kappa shape index (κ2) is 9.36. The summed E-state index contributed by atoms with van der Waals surface area (Å²) in [7, 11) is 0. The van der Waals surface area contributed by atoms with Gasteiger partial charge in [0.05, 0.1) is 0 Å². The van der Waals surface area contributed by atoms with Crippen LogP contribution in [0.5, 0.6) is 5.75 Å². The molecule has 0 saturated carbocycles. The van der Waals surface area contributed by atoms with Crippen molar-refractivity contribution in [1.82, 2.24) is 5.32 Å². The molecule has 2 rings (SSSR count). The molecule has 2 aromatic rings. The Morgan fingerprint density at radius 2 is 1.65 bits per heavy atom. The Labute approximate surface area is 152 Å². The largest absolute Gasteiger partial charge is 0.482 e. The summed E-state index contributed by atoms with van der Waals surface area (Å²) in [5, 5.41) is 2.70. The lowest BCUT2D eigenvalue weighted by Gasteiger charge is -2.09.